The van der Waals surface area contributed by atoms with Crippen LogP contribution in [0.1, 0.15) is 17.5 Å². The second-order valence-corrected chi connectivity index (χ2v) is 6.68. The van der Waals surface area contributed by atoms with Gasteiger partial charge in [0.25, 0.3) is 0 Å². The maximum atomic E-state index is 12.3. The Hall–Kier alpha value is -2.67. The number of H-pyrrole nitrogens is 1. The van der Waals surface area contributed by atoms with E-state index in [1.807, 2.05) is 25.1 Å². The van der Waals surface area contributed by atoms with Gasteiger partial charge in [0.05, 0.1) is 12.7 Å². The van der Waals surface area contributed by atoms with Crippen molar-refractivity contribution >= 4 is 17.1 Å². The molecule has 1 aromatic carbocycles. The van der Waals surface area contributed by atoms with Crippen LogP contribution in [0.4, 0.5) is 5.95 Å². The summed E-state index contributed by atoms with van der Waals surface area (Å²) in [5.41, 5.74) is 3.38. The Kier molecular flexibility index (Phi) is 4.23. The van der Waals surface area contributed by atoms with Crippen LogP contribution >= 0.6 is 0 Å². The van der Waals surface area contributed by atoms with Crippen LogP contribution in [-0.4, -0.2) is 39.2 Å². The van der Waals surface area contributed by atoms with Gasteiger partial charge in [-0.15, -0.1) is 0 Å². The molecule has 0 spiro atoms. The summed E-state index contributed by atoms with van der Waals surface area (Å²) >= 11 is 0. The van der Waals surface area contributed by atoms with Crippen LogP contribution in [0.2, 0.25) is 0 Å². The number of rotatable bonds is 5. The molecule has 25 heavy (non-hydrogen) atoms. The Balaban J connectivity index is 1.60. The second-order valence-electron chi connectivity index (χ2n) is 6.68. The number of nitrogens with one attached hydrogen (secondary N) is 3. The van der Waals surface area contributed by atoms with Gasteiger partial charge in [-0.3, -0.25) is 4.57 Å². The summed E-state index contributed by atoms with van der Waals surface area (Å²) in [5, 5.41) is 6.65. The van der Waals surface area contributed by atoms with Gasteiger partial charge in [0, 0.05) is 6.54 Å². The zero-order valence-electron chi connectivity index (χ0n) is 14.2. The van der Waals surface area contributed by atoms with Gasteiger partial charge in [-0.05, 0) is 37.9 Å². The Morgan fingerprint density at radius 1 is 1.40 bits per heavy atom. The van der Waals surface area contributed by atoms with Gasteiger partial charge in [0.1, 0.15) is 5.52 Å². The molecular weight excluding hydrogens is 316 g/mol. The number of aromatic amines is 1. The average molecular weight is 338 g/mol. The summed E-state index contributed by atoms with van der Waals surface area (Å²) in [5.74, 6) is 1.16. The number of imidazole rings is 1. The topological polar surface area (TPSA) is 87.6 Å². The molecule has 0 saturated carbocycles. The molecule has 7 heteroatoms. The van der Waals surface area contributed by atoms with E-state index < -0.39 is 0 Å². The maximum Gasteiger partial charge on any atom is 0.328 e. The molecule has 0 radical (unpaired) electrons. The fourth-order valence-corrected chi connectivity index (χ4v) is 3.29. The van der Waals surface area contributed by atoms with E-state index in [9.17, 15) is 4.79 Å². The standard InChI is InChI=1S/C18H22N6O/c1-12-3-2-4-13(7-12)11-24-16-15(22-18(24)25)10-21-17(23-16)20-9-14-5-6-19-8-14/h2-4,7,10,14,19H,5-6,8-9,11H2,1H3,(H,22,25)(H,20,21,23)/t14-/m1/s1. The van der Waals surface area contributed by atoms with Gasteiger partial charge in [0.2, 0.25) is 5.95 Å². The first-order valence-corrected chi connectivity index (χ1v) is 8.65. The van der Waals surface area contributed by atoms with Crippen LogP contribution in [0.3, 0.4) is 0 Å². The number of aryl methyl sites for hydroxylation is 1. The molecule has 2 aromatic heterocycles. The number of aromatic nitrogens is 4. The van der Waals surface area contributed by atoms with Crippen LogP contribution < -0.4 is 16.3 Å². The lowest BCUT2D eigenvalue weighted by Crippen LogP contribution is -2.19. The summed E-state index contributed by atoms with van der Waals surface area (Å²) in [6, 6.07) is 8.15. The Morgan fingerprint density at radius 2 is 2.32 bits per heavy atom. The highest BCUT2D eigenvalue weighted by atomic mass is 16.1. The predicted octanol–water partition coefficient (Wildman–Crippen LogP) is 1.50. The highest BCUT2D eigenvalue weighted by Crippen LogP contribution is 2.13. The van der Waals surface area contributed by atoms with E-state index in [0.717, 1.165) is 31.6 Å². The minimum Gasteiger partial charge on any atom is -0.354 e. The highest BCUT2D eigenvalue weighted by Gasteiger charge is 2.15. The number of anilines is 1. The largest absolute Gasteiger partial charge is 0.354 e. The second kappa shape index (κ2) is 6.68. The normalized spacial score (nSPS) is 17.2. The third kappa shape index (κ3) is 3.41. The van der Waals surface area contributed by atoms with Gasteiger partial charge in [-0.25, -0.2) is 9.78 Å². The molecule has 4 rings (SSSR count). The van der Waals surface area contributed by atoms with Gasteiger partial charge in [-0.1, -0.05) is 29.8 Å². The smallest absolute Gasteiger partial charge is 0.328 e. The Labute approximate surface area is 145 Å². The van der Waals surface area contributed by atoms with Crippen molar-refractivity contribution in [2.75, 3.05) is 25.0 Å². The van der Waals surface area contributed by atoms with Gasteiger partial charge < -0.3 is 15.6 Å². The molecule has 0 aliphatic carbocycles. The van der Waals surface area contributed by atoms with Gasteiger partial charge in [0.15, 0.2) is 5.65 Å². The zero-order valence-corrected chi connectivity index (χ0v) is 14.2. The molecule has 1 fully saturated rings. The third-order valence-electron chi connectivity index (χ3n) is 4.65. The quantitative estimate of drug-likeness (QED) is 0.656. The molecule has 1 aliphatic rings. The lowest BCUT2D eigenvalue weighted by molar-refractivity contribution is 0.613. The van der Waals surface area contributed by atoms with Crippen molar-refractivity contribution in [2.45, 2.75) is 19.9 Å². The predicted molar refractivity (Wildman–Crippen MR) is 97.9 cm³/mol. The lowest BCUT2D eigenvalue weighted by atomic mass is 10.1. The molecule has 1 saturated heterocycles. The van der Waals surface area contributed by atoms with E-state index in [4.69, 9.17) is 0 Å². The maximum absolute atomic E-state index is 12.3. The third-order valence-corrected chi connectivity index (χ3v) is 4.65. The number of benzene rings is 1. The fraction of sp³-hybridized carbons (Fsp3) is 0.389. The zero-order chi connectivity index (χ0) is 17.2. The molecular formula is C18H22N6O. The fourth-order valence-electron chi connectivity index (χ4n) is 3.29. The van der Waals surface area contributed by atoms with Crippen LogP contribution in [0.5, 0.6) is 0 Å². The Bertz CT molecular complexity index is 938. The van der Waals surface area contributed by atoms with E-state index in [-0.39, 0.29) is 5.69 Å². The van der Waals surface area contributed by atoms with Crippen molar-refractivity contribution < 1.29 is 0 Å². The highest BCUT2D eigenvalue weighted by molar-refractivity contribution is 5.71. The van der Waals surface area contributed by atoms with Crippen molar-refractivity contribution in [3.63, 3.8) is 0 Å². The molecule has 0 unspecified atom stereocenters. The van der Waals surface area contributed by atoms with E-state index in [1.165, 1.54) is 5.56 Å². The molecule has 0 amide bonds. The lowest BCUT2D eigenvalue weighted by Gasteiger charge is -2.10. The summed E-state index contributed by atoms with van der Waals surface area (Å²) in [7, 11) is 0. The van der Waals surface area contributed by atoms with Crippen molar-refractivity contribution in [1.82, 2.24) is 24.8 Å². The molecule has 1 atom stereocenters. The summed E-state index contributed by atoms with van der Waals surface area (Å²) in [4.78, 5) is 24.0. The number of fused-ring (bicyclic) bond motifs is 1. The van der Waals surface area contributed by atoms with Crippen molar-refractivity contribution in [3.05, 3.63) is 52.1 Å². The number of hydrogen-bond acceptors (Lipinski definition) is 5. The molecule has 7 nitrogen and oxygen atoms in total. The minimum atomic E-state index is -0.164. The Morgan fingerprint density at radius 3 is 3.12 bits per heavy atom. The van der Waals surface area contributed by atoms with E-state index in [2.05, 4.69) is 31.7 Å². The van der Waals surface area contributed by atoms with E-state index >= 15 is 0 Å². The monoisotopic (exact) mass is 338 g/mol. The van der Waals surface area contributed by atoms with Crippen molar-refractivity contribution in [3.8, 4) is 0 Å². The molecule has 3 heterocycles. The average Bonchev–Trinajstić information content (AvgIpc) is 3.22. The van der Waals surface area contributed by atoms with Crippen LogP contribution in [0.25, 0.3) is 11.2 Å². The molecule has 130 valence electrons. The molecule has 3 aromatic rings. The number of nitrogens with zero attached hydrogens (tertiary/aromatic N) is 3. The van der Waals surface area contributed by atoms with Crippen LogP contribution in [-0.2, 0) is 6.54 Å². The first kappa shape index (κ1) is 15.8. The molecule has 3 N–H and O–H groups in total. The summed E-state index contributed by atoms with van der Waals surface area (Å²) in [6.07, 6.45) is 2.84. The molecule has 1 aliphatic heterocycles. The molecule has 0 bridgehead atoms. The first-order valence-electron chi connectivity index (χ1n) is 8.65. The van der Waals surface area contributed by atoms with E-state index in [1.54, 1.807) is 10.8 Å². The minimum absolute atomic E-state index is 0.164. The van der Waals surface area contributed by atoms with Crippen molar-refractivity contribution in [2.24, 2.45) is 5.92 Å². The van der Waals surface area contributed by atoms with Crippen LogP contribution in [0.15, 0.2) is 35.3 Å². The van der Waals surface area contributed by atoms with Crippen LogP contribution in [0, 0.1) is 12.8 Å². The van der Waals surface area contributed by atoms with Crippen molar-refractivity contribution in [1.29, 1.82) is 0 Å². The first-order chi connectivity index (χ1) is 12.2. The number of hydrogen-bond donors (Lipinski definition) is 3. The van der Waals surface area contributed by atoms with E-state index in [0.29, 0.717) is 29.6 Å². The SMILES string of the molecule is Cc1cccc(Cn2c(=O)[nH]c3cnc(NC[C@@H]4CCNC4)nc32)c1. The summed E-state index contributed by atoms with van der Waals surface area (Å²) < 4.78 is 1.66. The van der Waals surface area contributed by atoms with Gasteiger partial charge >= 0.3 is 5.69 Å². The summed E-state index contributed by atoms with van der Waals surface area (Å²) in [6.45, 7) is 5.47. The van der Waals surface area contributed by atoms with Gasteiger partial charge in [-0.2, -0.15) is 4.98 Å².